The second-order valence-corrected chi connectivity index (χ2v) is 5.22. The van der Waals surface area contributed by atoms with Crippen molar-refractivity contribution in [3.8, 4) is 0 Å². The summed E-state index contributed by atoms with van der Waals surface area (Å²) in [5.74, 6) is 0. The normalized spacial score (nSPS) is 12.3. The van der Waals surface area contributed by atoms with Crippen LogP contribution < -0.4 is 0 Å². The first-order valence-corrected chi connectivity index (χ1v) is 6.55. The molecule has 1 atom stereocenters. The van der Waals surface area contributed by atoms with Gasteiger partial charge in [0.05, 0.1) is 0 Å². The van der Waals surface area contributed by atoms with E-state index in [-0.39, 0.29) is 0 Å². The average molecular weight is 221 g/mol. The van der Waals surface area contributed by atoms with Crippen LogP contribution in [0.1, 0.15) is 31.1 Å². The van der Waals surface area contributed by atoms with Gasteiger partial charge in [-0.3, -0.25) is 4.98 Å². The van der Waals surface area contributed by atoms with Gasteiger partial charge in [-0.1, -0.05) is 19.8 Å². The predicted molar refractivity (Wildman–Crippen MR) is 63.6 cm³/mol. The van der Waals surface area contributed by atoms with Crippen molar-refractivity contribution in [2.24, 2.45) is 0 Å². The molecule has 0 aliphatic heterocycles. The monoisotopic (exact) mass is 221 g/mol. The predicted octanol–water partition coefficient (Wildman–Crippen LogP) is 3.70. The number of rotatable bonds is 4. The van der Waals surface area contributed by atoms with Crippen molar-refractivity contribution in [3.63, 3.8) is 0 Å². The van der Waals surface area contributed by atoms with Gasteiger partial charge in [0.1, 0.15) is 5.52 Å². The molecule has 2 heterocycles. The fraction of sp³-hybridized carbons (Fsp3) is 0.417. The van der Waals surface area contributed by atoms with Gasteiger partial charge in [-0.2, -0.15) is 0 Å². The summed E-state index contributed by atoms with van der Waals surface area (Å²) in [5, 5.41) is 0. The lowest BCUT2D eigenvalue weighted by Gasteiger charge is -1.96. The van der Waals surface area contributed by atoms with Gasteiger partial charge >= 0.3 is 0 Å². The second-order valence-electron chi connectivity index (χ2n) is 3.72. The highest BCUT2D eigenvalue weighted by atomic mass is 32.2. The lowest BCUT2D eigenvalue weighted by molar-refractivity contribution is 0.595. The number of aryl methyl sites for hydroxylation is 1. The largest absolute Gasteiger partial charge is 0.590 e. The third-order valence-electron chi connectivity index (χ3n) is 2.56. The average Bonchev–Trinajstić information content (AvgIpc) is 2.57. The van der Waals surface area contributed by atoms with Gasteiger partial charge in [0, 0.05) is 24.8 Å². The van der Waals surface area contributed by atoms with E-state index in [0.29, 0.717) is 0 Å². The summed E-state index contributed by atoms with van der Waals surface area (Å²) in [6.45, 7) is 2.18. The molecule has 0 saturated heterocycles. The Labute approximate surface area is 92.8 Å². The molecular formula is C12H15NOS. The van der Waals surface area contributed by atoms with Gasteiger partial charge in [0.25, 0.3) is 0 Å². The molecule has 0 aromatic carbocycles. The van der Waals surface area contributed by atoms with Crippen molar-refractivity contribution >= 4 is 21.0 Å². The summed E-state index contributed by atoms with van der Waals surface area (Å²) in [6, 6.07) is 5.74. The molecule has 3 heteroatoms. The van der Waals surface area contributed by atoms with Crippen molar-refractivity contribution in [1.29, 1.82) is 0 Å². The smallest absolute Gasteiger partial charge is 0.198 e. The highest BCUT2D eigenvalue weighted by Gasteiger charge is 2.13. The highest BCUT2D eigenvalue weighted by molar-refractivity contribution is 7.31. The standard InChI is InChI=1S/C12H15NOS/c1-2-3-4-6-10-9-11-12(15(10)14)7-5-8-13-11/h5,7-9H,2-4,6H2,1H3. The van der Waals surface area contributed by atoms with E-state index in [1.165, 1.54) is 12.8 Å². The van der Waals surface area contributed by atoms with Crippen LogP contribution >= 0.6 is 10.8 Å². The Morgan fingerprint density at radius 2 is 2.27 bits per heavy atom. The van der Waals surface area contributed by atoms with E-state index in [2.05, 4.69) is 11.9 Å². The van der Waals surface area contributed by atoms with Crippen LogP contribution in [0.15, 0.2) is 24.4 Å². The van der Waals surface area contributed by atoms with E-state index in [0.717, 1.165) is 27.9 Å². The van der Waals surface area contributed by atoms with Crippen LogP contribution in [-0.4, -0.2) is 9.54 Å². The molecule has 0 spiro atoms. The number of unbranched alkanes of at least 4 members (excludes halogenated alkanes) is 2. The van der Waals surface area contributed by atoms with Crippen molar-refractivity contribution < 1.29 is 4.55 Å². The summed E-state index contributed by atoms with van der Waals surface area (Å²) in [4.78, 5) is 5.26. The molecule has 0 fully saturated rings. The Morgan fingerprint density at radius 3 is 3.00 bits per heavy atom. The summed E-state index contributed by atoms with van der Waals surface area (Å²) in [7, 11) is -0.940. The number of hydrogen-bond acceptors (Lipinski definition) is 2. The van der Waals surface area contributed by atoms with Crippen molar-refractivity contribution in [2.45, 2.75) is 32.6 Å². The minimum absolute atomic E-state index is 0.879. The number of pyridine rings is 1. The number of fused-ring (bicyclic) bond motifs is 1. The molecule has 0 radical (unpaired) electrons. The lowest BCUT2D eigenvalue weighted by Crippen LogP contribution is -1.81. The van der Waals surface area contributed by atoms with E-state index in [9.17, 15) is 4.55 Å². The SMILES string of the molecule is CCCCCc1cc2ncccc2[s+]1[O-]. The maximum atomic E-state index is 12.0. The maximum absolute atomic E-state index is 12.0. The quantitative estimate of drug-likeness (QED) is 0.583. The number of nitrogens with zero attached hydrogens (tertiary/aromatic N) is 1. The zero-order valence-electron chi connectivity index (χ0n) is 8.90. The lowest BCUT2D eigenvalue weighted by atomic mass is 10.2. The van der Waals surface area contributed by atoms with Gasteiger partial charge in [0.2, 0.25) is 0 Å². The summed E-state index contributed by atoms with van der Waals surface area (Å²) in [6.07, 6.45) is 6.23. The van der Waals surface area contributed by atoms with E-state index in [1.807, 2.05) is 18.2 Å². The van der Waals surface area contributed by atoms with Crippen LogP contribution in [-0.2, 0) is 6.42 Å². The van der Waals surface area contributed by atoms with E-state index >= 15 is 0 Å². The molecule has 0 aliphatic carbocycles. The zero-order valence-corrected chi connectivity index (χ0v) is 9.72. The molecule has 0 aliphatic rings. The second kappa shape index (κ2) is 4.73. The van der Waals surface area contributed by atoms with Crippen molar-refractivity contribution in [1.82, 2.24) is 4.98 Å². The molecule has 15 heavy (non-hydrogen) atoms. The van der Waals surface area contributed by atoms with Crippen LogP contribution in [0.25, 0.3) is 10.2 Å². The minimum Gasteiger partial charge on any atom is -0.590 e. The summed E-state index contributed by atoms with van der Waals surface area (Å²) >= 11 is 0. The van der Waals surface area contributed by atoms with Gasteiger partial charge < -0.3 is 4.55 Å². The molecule has 0 bridgehead atoms. The molecular weight excluding hydrogens is 206 g/mol. The van der Waals surface area contributed by atoms with Crippen LogP contribution in [0.5, 0.6) is 0 Å². The first kappa shape index (κ1) is 10.6. The van der Waals surface area contributed by atoms with E-state index < -0.39 is 10.8 Å². The van der Waals surface area contributed by atoms with Crippen molar-refractivity contribution in [3.05, 3.63) is 29.3 Å². The Kier molecular flexibility index (Phi) is 3.34. The third-order valence-corrected chi connectivity index (χ3v) is 4.10. The Hall–Kier alpha value is -0.930. The van der Waals surface area contributed by atoms with Crippen LogP contribution in [0.2, 0.25) is 0 Å². The summed E-state index contributed by atoms with van der Waals surface area (Å²) in [5.41, 5.74) is 0.891. The fourth-order valence-corrected chi connectivity index (χ4v) is 3.06. The molecule has 1 unspecified atom stereocenters. The number of thiophene rings is 1. The minimum atomic E-state index is -0.940. The van der Waals surface area contributed by atoms with Crippen LogP contribution in [0.4, 0.5) is 0 Å². The van der Waals surface area contributed by atoms with E-state index in [4.69, 9.17) is 0 Å². The molecule has 2 nitrogen and oxygen atoms in total. The molecule has 0 N–H and O–H groups in total. The van der Waals surface area contributed by atoms with Crippen LogP contribution in [0.3, 0.4) is 0 Å². The van der Waals surface area contributed by atoms with Gasteiger partial charge in [0.15, 0.2) is 9.58 Å². The molecule has 2 aromatic rings. The third kappa shape index (κ3) is 2.19. The van der Waals surface area contributed by atoms with Gasteiger partial charge in [-0.05, 0) is 23.2 Å². The van der Waals surface area contributed by atoms with E-state index in [1.54, 1.807) is 6.20 Å². The molecule has 0 saturated carbocycles. The van der Waals surface area contributed by atoms with Crippen molar-refractivity contribution in [2.75, 3.05) is 0 Å². The topological polar surface area (TPSA) is 36.0 Å². The fourth-order valence-electron chi connectivity index (χ4n) is 1.73. The first-order chi connectivity index (χ1) is 7.33. The Bertz CT molecular complexity index is 450. The first-order valence-electron chi connectivity index (χ1n) is 5.40. The van der Waals surface area contributed by atoms with Gasteiger partial charge in [-0.15, -0.1) is 0 Å². The van der Waals surface area contributed by atoms with Gasteiger partial charge in [-0.25, -0.2) is 0 Å². The Balaban J connectivity index is 2.24. The molecule has 80 valence electrons. The Morgan fingerprint density at radius 1 is 1.40 bits per heavy atom. The number of aromatic nitrogens is 1. The molecule has 2 rings (SSSR count). The zero-order chi connectivity index (χ0) is 10.7. The highest BCUT2D eigenvalue weighted by Crippen LogP contribution is 2.33. The maximum Gasteiger partial charge on any atom is 0.198 e. The summed E-state index contributed by atoms with van der Waals surface area (Å²) < 4.78 is 12.9. The van der Waals surface area contributed by atoms with Crippen LogP contribution in [0, 0.1) is 0 Å². The molecule has 2 aromatic heterocycles. The number of hydrogen-bond donors (Lipinski definition) is 0. The molecule has 0 amide bonds.